The number of aromatic nitrogens is 2. The topological polar surface area (TPSA) is 93.1 Å². The third-order valence-corrected chi connectivity index (χ3v) is 8.54. The number of thioether (sulfide) groups is 1. The van der Waals surface area contributed by atoms with Gasteiger partial charge in [0.2, 0.25) is 5.91 Å². The molecule has 0 unspecified atom stereocenters. The van der Waals surface area contributed by atoms with Crippen LogP contribution in [0, 0.1) is 17.8 Å². The highest BCUT2D eigenvalue weighted by Crippen LogP contribution is 2.55. The molecule has 0 atom stereocenters. The maximum absolute atomic E-state index is 13.0. The van der Waals surface area contributed by atoms with Gasteiger partial charge in [-0.2, -0.15) is 0 Å². The molecule has 2 N–H and O–H groups in total. The van der Waals surface area contributed by atoms with Crippen molar-refractivity contribution in [2.45, 2.75) is 75.5 Å². The Balaban J connectivity index is 1.23. The van der Waals surface area contributed by atoms with Gasteiger partial charge in [0, 0.05) is 12.1 Å². The molecule has 6 rings (SSSR count). The number of carbonyl (C=O) groups is 2. The highest BCUT2D eigenvalue weighted by molar-refractivity contribution is 7.99. The summed E-state index contributed by atoms with van der Waals surface area (Å²) in [4.78, 5) is 42.8. The second-order valence-corrected chi connectivity index (χ2v) is 11.2. The molecule has 0 aliphatic heterocycles. The number of fused-ring (bicyclic) bond motifs is 1. The molecular weight excluding hydrogens is 436 g/mol. The lowest BCUT2D eigenvalue weighted by molar-refractivity contribution is -0.117. The van der Waals surface area contributed by atoms with E-state index in [2.05, 4.69) is 22.5 Å². The van der Waals surface area contributed by atoms with Gasteiger partial charge < -0.3 is 5.32 Å². The lowest BCUT2D eigenvalue weighted by Crippen LogP contribution is -2.61. The Morgan fingerprint density at radius 3 is 2.45 bits per heavy atom. The Kier molecular flexibility index (Phi) is 6.20. The Bertz CT molecular complexity index is 1090. The first-order valence-corrected chi connectivity index (χ1v) is 13.2. The Morgan fingerprint density at radius 1 is 1.12 bits per heavy atom. The van der Waals surface area contributed by atoms with Gasteiger partial charge in [-0.1, -0.05) is 37.2 Å². The summed E-state index contributed by atoms with van der Waals surface area (Å²) in [6.45, 7) is 2.63. The van der Waals surface area contributed by atoms with E-state index in [4.69, 9.17) is 0 Å². The summed E-state index contributed by atoms with van der Waals surface area (Å²) >= 11 is 1.21. The van der Waals surface area contributed by atoms with E-state index < -0.39 is 6.03 Å². The fraction of sp³-hybridized carbons (Fsp3) is 0.600. The molecule has 1 aromatic heterocycles. The molecule has 33 heavy (non-hydrogen) atoms. The van der Waals surface area contributed by atoms with E-state index in [0.717, 1.165) is 49.9 Å². The fourth-order valence-corrected chi connectivity index (χ4v) is 7.43. The van der Waals surface area contributed by atoms with Crippen molar-refractivity contribution < 1.29 is 9.59 Å². The van der Waals surface area contributed by atoms with Crippen molar-refractivity contribution in [1.29, 1.82) is 0 Å². The number of hydrogen-bond donors (Lipinski definition) is 2. The summed E-state index contributed by atoms with van der Waals surface area (Å²) in [7, 11) is 0. The van der Waals surface area contributed by atoms with Gasteiger partial charge in [0.1, 0.15) is 0 Å². The van der Waals surface area contributed by atoms with Gasteiger partial charge in [0.05, 0.1) is 16.7 Å². The van der Waals surface area contributed by atoms with Crippen LogP contribution in [-0.2, 0) is 11.3 Å². The van der Waals surface area contributed by atoms with Crippen molar-refractivity contribution in [3.63, 3.8) is 0 Å². The van der Waals surface area contributed by atoms with Crippen LogP contribution >= 0.6 is 11.8 Å². The van der Waals surface area contributed by atoms with Crippen LogP contribution in [0.1, 0.15) is 58.3 Å². The van der Waals surface area contributed by atoms with E-state index in [-0.39, 0.29) is 22.8 Å². The fourth-order valence-electron chi connectivity index (χ4n) is 6.60. The van der Waals surface area contributed by atoms with Crippen molar-refractivity contribution in [1.82, 2.24) is 20.2 Å². The number of rotatable bonds is 7. The number of nitrogens with zero attached hydrogens (tertiary/aromatic N) is 2. The third-order valence-electron chi connectivity index (χ3n) is 7.56. The molecule has 0 radical (unpaired) electrons. The van der Waals surface area contributed by atoms with Crippen LogP contribution in [0.5, 0.6) is 0 Å². The van der Waals surface area contributed by atoms with Crippen molar-refractivity contribution in [2.75, 3.05) is 5.75 Å². The molecule has 4 aliphatic rings. The first kappa shape index (κ1) is 22.4. The summed E-state index contributed by atoms with van der Waals surface area (Å²) in [5.41, 5.74) is 0.404. The molecule has 4 saturated carbocycles. The largest absolute Gasteiger partial charge is 0.332 e. The third kappa shape index (κ3) is 4.67. The van der Waals surface area contributed by atoms with E-state index >= 15 is 0 Å². The number of carbonyl (C=O) groups excluding carboxylic acids is 2. The molecule has 1 heterocycles. The van der Waals surface area contributed by atoms with Gasteiger partial charge in [-0.3, -0.25) is 19.5 Å². The zero-order valence-corrected chi connectivity index (χ0v) is 20.0. The number of urea groups is 1. The van der Waals surface area contributed by atoms with Crippen LogP contribution in [0.25, 0.3) is 10.9 Å². The second kappa shape index (κ2) is 9.12. The van der Waals surface area contributed by atoms with Crippen LogP contribution in [0.3, 0.4) is 0 Å². The van der Waals surface area contributed by atoms with Crippen LogP contribution in [0.2, 0.25) is 0 Å². The second-order valence-electron chi connectivity index (χ2n) is 10.2. The first-order chi connectivity index (χ1) is 15.9. The monoisotopic (exact) mass is 468 g/mol. The highest BCUT2D eigenvalue weighted by atomic mass is 32.2. The van der Waals surface area contributed by atoms with Crippen molar-refractivity contribution in [3.8, 4) is 0 Å². The van der Waals surface area contributed by atoms with E-state index in [9.17, 15) is 14.4 Å². The van der Waals surface area contributed by atoms with Gasteiger partial charge in [0.25, 0.3) is 5.56 Å². The van der Waals surface area contributed by atoms with Crippen LogP contribution in [0.15, 0.2) is 34.2 Å². The van der Waals surface area contributed by atoms with E-state index in [1.165, 1.54) is 31.0 Å². The zero-order valence-electron chi connectivity index (χ0n) is 19.1. The van der Waals surface area contributed by atoms with Gasteiger partial charge in [0.15, 0.2) is 5.16 Å². The molecule has 2 aromatic rings. The molecule has 4 aliphatic carbocycles. The predicted molar refractivity (Wildman–Crippen MR) is 129 cm³/mol. The van der Waals surface area contributed by atoms with Crippen LogP contribution in [-0.4, -0.2) is 32.8 Å². The minimum Gasteiger partial charge on any atom is -0.332 e. The number of unbranched alkanes of at least 4 members (excludes halogenated alkanes) is 1. The lowest BCUT2D eigenvalue weighted by Gasteiger charge is -2.56. The maximum Gasteiger partial charge on any atom is 0.321 e. The van der Waals surface area contributed by atoms with Crippen molar-refractivity contribution in [3.05, 3.63) is 34.6 Å². The molecule has 7 nitrogen and oxygen atoms in total. The number of hydrogen-bond acceptors (Lipinski definition) is 5. The minimum absolute atomic E-state index is 0.0329. The van der Waals surface area contributed by atoms with E-state index in [1.54, 1.807) is 10.6 Å². The molecule has 0 spiro atoms. The standard InChI is InChI=1S/C25H32N4O3S/c1-2-3-8-29-22(31)19-6-4-5-7-20(19)26-24(29)33-15-21(30)27-23(32)28-25-12-16-9-17(13-25)11-18(10-16)14-25/h4-7,16-18H,2-3,8-15H2,1H3,(H2,27,28,30,32). The summed E-state index contributed by atoms with van der Waals surface area (Å²) in [6.07, 6.45) is 8.84. The number of benzene rings is 1. The predicted octanol–water partition coefficient (Wildman–Crippen LogP) is 4.08. The Morgan fingerprint density at radius 2 is 1.79 bits per heavy atom. The molecular formula is C25H32N4O3S. The number of para-hydroxylation sites is 1. The molecule has 4 bridgehead atoms. The van der Waals surface area contributed by atoms with Crippen molar-refractivity contribution >= 4 is 34.6 Å². The minimum atomic E-state index is -0.391. The quantitative estimate of drug-likeness (QED) is 0.472. The smallest absolute Gasteiger partial charge is 0.321 e. The van der Waals surface area contributed by atoms with Crippen LogP contribution < -0.4 is 16.2 Å². The number of amides is 3. The van der Waals surface area contributed by atoms with Gasteiger partial charge in [-0.25, -0.2) is 9.78 Å². The molecule has 176 valence electrons. The SMILES string of the molecule is CCCCn1c(SCC(=O)NC(=O)NC23CC4CC(CC(C4)C2)C3)nc2ccccc2c1=O. The molecule has 8 heteroatoms. The maximum atomic E-state index is 13.0. The highest BCUT2D eigenvalue weighted by Gasteiger charge is 2.51. The number of nitrogens with one attached hydrogen (secondary N) is 2. The first-order valence-electron chi connectivity index (χ1n) is 12.2. The van der Waals surface area contributed by atoms with Gasteiger partial charge >= 0.3 is 6.03 Å². The summed E-state index contributed by atoms with van der Waals surface area (Å²) in [5.74, 6) is 1.84. The van der Waals surface area contributed by atoms with Gasteiger partial charge in [-0.15, -0.1) is 0 Å². The summed E-state index contributed by atoms with van der Waals surface area (Å²) in [5, 5.41) is 6.79. The normalized spacial score (nSPS) is 27.6. The molecule has 0 saturated heterocycles. The molecule has 3 amide bonds. The lowest BCUT2D eigenvalue weighted by atomic mass is 9.53. The van der Waals surface area contributed by atoms with Gasteiger partial charge in [-0.05, 0) is 74.8 Å². The summed E-state index contributed by atoms with van der Waals surface area (Å²) in [6, 6.07) is 6.88. The zero-order chi connectivity index (χ0) is 23.0. The Labute approximate surface area is 198 Å². The van der Waals surface area contributed by atoms with E-state index in [1.807, 2.05) is 18.2 Å². The number of imide groups is 1. The molecule has 1 aromatic carbocycles. The average Bonchev–Trinajstić information content (AvgIpc) is 2.76. The van der Waals surface area contributed by atoms with E-state index in [0.29, 0.717) is 22.6 Å². The van der Waals surface area contributed by atoms with Crippen molar-refractivity contribution in [2.24, 2.45) is 17.8 Å². The Hall–Kier alpha value is -2.35. The molecule has 4 fully saturated rings. The average molecular weight is 469 g/mol. The summed E-state index contributed by atoms with van der Waals surface area (Å²) < 4.78 is 1.65. The van der Waals surface area contributed by atoms with Crippen LogP contribution in [0.4, 0.5) is 4.79 Å².